The molecule has 1 unspecified atom stereocenters. The van der Waals surface area contributed by atoms with Gasteiger partial charge in [-0.2, -0.15) is 0 Å². The standard InChI is InChI=1S/C23H34N3O10P.2Na/c1-11(2)8-16(26-37(33,34)36-23-20(29)19(28)18(27)12(3)35-23)21(30)25-17(22(31)32)9-13-10-24-15-7-5-4-6-14(13)15;;/h4-7,10-12,16-20,23-24,27-29H,8-9H2,1-3H3,(H,25,30)(H,31,32)(H2,26,33,34);;/q;2*+1/p-2/t12-,16-,17-,18-,19+,20+,23-;;/m0../s1. The van der Waals surface area contributed by atoms with Crippen LogP contribution in [0.1, 0.15) is 32.8 Å². The second-order valence-corrected chi connectivity index (χ2v) is 11.0. The van der Waals surface area contributed by atoms with E-state index in [2.05, 4.69) is 15.4 Å². The number of aliphatic carboxylic acids is 1. The number of H-pyrrole nitrogens is 1. The van der Waals surface area contributed by atoms with Crippen molar-refractivity contribution >= 4 is 30.5 Å². The maximum absolute atomic E-state index is 13.0. The third-order valence-electron chi connectivity index (χ3n) is 6.09. The number of amides is 1. The van der Waals surface area contributed by atoms with Crippen molar-refractivity contribution in [3.8, 4) is 0 Å². The molecule has 1 aliphatic rings. The Morgan fingerprint density at radius 1 is 1.13 bits per heavy atom. The van der Waals surface area contributed by atoms with Gasteiger partial charge >= 0.3 is 59.1 Å². The van der Waals surface area contributed by atoms with Crippen LogP contribution in [0.2, 0.25) is 0 Å². The molecule has 1 aliphatic heterocycles. The van der Waals surface area contributed by atoms with Crippen LogP contribution in [0.15, 0.2) is 30.5 Å². The number of para-hydroxylation sites is 1. The molecule has 2 heterocycles. The van der Waals surface area contributed by atoms with Crippen LogP contribution in [0.4, 0.5) is 0 Å². The zero-order valence-corrected chi connectivity index (χ0v) is 27.5. The number of aromatic amines is 1. The number of hydrogen-bond acceptors (Lipinski definition) is 10. The number of aliphatic hydroxyl groups excluding tert-OH is 3. The van der Waals surface area contributed by atoms with Gasteiger partial charge < -0.3 is 45.2 Å². The minimum atomic E-state index is -5.10. The molecule has 1 amide bonds. The second-order valence-electron chi connectivity index (χ2n) is 9.54. The summed E-state index contributed by atoms with van der Waals surface area (Å²) >= 11 is 0. The fourth-order valence-corrected chi connectivity index (χ4v) is 5.25. The van der Waals surface area contributed by atoms with E-state index in [9.17, 15) is 39.5 Å². The maximum Gasteiger partial charge on any atom is 1.00 e. The molecule has 39 heavy (non-hydrogen) atoms. The van der Waals surface area contributed by atoms with E-state index >= 15 is 0 Å². The van der Waals surface area contributed by atoms with Gasteiger partial charge in [-0.3, -0.25) is 13.9 Å². The smallest absolute Gasteiger partial charge is 0.766 e. The number of rotatable bonds is 11. The molecule has 0 aliphatic carbocycles. The van der Waals surface area contributed by atoms with Gasteiger partial charge in [-0.25, -0.2) is 5.09 Å². The van der Waals surface area contributed by atoms with E-state index in [1.807, 2.05) is 12.1 Å². The molecule has 6 N–H and O–H groups in total. The molecule has 3 rings (SSSR count). The monoisotopic (exact) mass is 587 g/mol. The molecular formula is C23H32N3Na2O10P. The Balaban J connectivity index is 0.00000380. The average Bonchev–Trinajstić information content (AvgIpc) is 3.22. The van der Waals surface area contributed by atoms with Gasteiger partial charge in [0.05, 0.1) is 24.2 Å². The third kappa shape index (κ3) is 9.86. The van der Waals surface area contributed by atoms with Crippen molar-refractivity contribution in [1.82, 2.24) is 15.4 Å². The van der Waals surface area contributed by atoms with Gasteiger partial charge in [-0.05, 0) is 30.9 Å². The Hall–Kier alpha value is -0.350. The van der Waals surface area contributed by atoms with Crippen molar-refractivity contribution in [2.75, 3.05) is 0 Å². The van der Waals surface area contributed by atoms with Gasteiger partial charge in [-0.15, -0.1) is 0 Å². The van der Waals surface area contributed by atoms with Crippen LogP contribution < -0.4 is 79.5 Å². The van der Waals surface area contributed by atoms with E-state index in [1.165, 1.54) is 6.92 Å². The number of hydrogen-bond donors (Lipinski definition) is 6. The Bertz CT molecular complexity index is 1150. The zero-order valence-electron chi connectivity index (χ0n) is 22.6. The molecule has 2 aromatic rings. The summed E-state index contributed by atoms with van der Waals surface area (Å²) in [5.74, 6) is -2.66. The molecule has 13 nitrogen and oxygen atoms in total. The molecule has 206 valence electrons. The Morgan fingerprint density at radius 2 is 1.77 bits per heavy atom. The topological polar surface area (TPSA) is 216 Å². The van der Waals surface area contributed by atoms with Crippen molar-refractivity contribution in [2.45, 2.75) is 76.4 Å². The summed E-state index contributed by atoms with van der Waals surface area (Å²) < 4.78 is 22.7. The number of carbonyl (C=O) groups is 2. The van der Waals surface area contributed by atoms with Crippen LogP contribution in [0.25, 0.3) is 10.9 Å². The largest absolute Gasteiger partial charge is 1.00 e. The number of fused-ring (bicyclic) bond motifs is 1. The molecule has 1 aromatic heterocycles. The van der Waals surface area contributed by atoms with Crippen LogP contribution in [0.5, 0.6) is 0 Å². The van der Waals surface area contributed by atoms with Gasteiger partial charge in [-0.1, -0.05) is 32.0 Å². The van der Waals surface area contributed by atoms with Crippen molar-refractivity contribution in [3.05, 3.63) is 36.0 Å². The van der Waals surface area contributed by atoms with Crippen molar-refractivity contribution in [2.24, 2.45) is 5.92 Å². The first-order valence-corrected chi connectivity index (χ1v) is 13.4. The Morgan fingerprint density at radius 3 is 2.38 bits per heavy atom. The number of aliphatic hydroxyl groups is 3. The minimum Gasteiger partial charge on any atom is -0.766 e. The van der Waals surface area contributed by atoms with E-state index in [1.54, 1.807) is 32.2 Å². The first-order chi connectivity index (χ1) is 17.3. The summed E-state index contributed by atoms with van der Waals surface area (Å²) in [6, 6.07) is 4.31. The number of ether oxygens (including phenoxy) is 1. The maximum atomic E-state index is 13.0. The Labute approximate surface area is 270 Å². The van der Waals surface area contributed by atoms with Crippen LogP contribution in [-0.2, 0) is 29.8 Å². The van der Waals surface area contributed by atoms with Crippen LogP contribution >= 0.6 is 7.75 Å². The van der Waals surface area contributed by atoms with Gasteiger partial charge in [0.15, 0.2) is 6.29 Å². The van der Waals surface area contributed by atoms with E-state index in [-0.39, 0.29) is 77.9 Å². The molecular weight excluding hydrogens is 555 g/mol. The molecule has 0 spiro atoms. The number of aromatic nitrogens is 1. The molecule has 16 heteroatoms. The summed E-state index contributed by atoms with van der Waals surface area (Å²) in [6.45, 7) is 4.81. The molecule has 1 fully saturated rings. The van der Waals surface area contributed by atoms with Crippen molar-refractivity contribution < 1.29 is 108 Å². The predicted molar refractivity (Wildman–Crippen MR) is 126 cm³/mol. The van der Waals surface area contributed by atoms with E-state index in [4.69, 9.17) is 9.26 Å². The quantitative estimate of drug-likeness (QED) is 0.107. The third-order valence-corrected chi connectivity index (χ3v) is 7.20. The first kappa shape index (κ1) is 36.7. The summed E-state index contributed by atoms with van der Waals surface area (Å²) in [4.78, 5) is 40.6. The van der Waals surface area contributed by atoms with Gasteiger partial charge in [0.25, 0.3) is 0 Å². The SMILES string of the molecule is CC(C)C[C@H](NP(=O)([O-])O[C@@H]1O[C@@H](C)[C@H](O)[C@@H](O)[C@H]1O)C(=O)N[C@@H](Cc1c[nH]c2ccccc12)C(=O)[O-].[Na+].[Na+]. The molecule has 8 atom stereocenters. The van der Waals surface area contributed by atoms with E-state index in [0.29, 0.717) is 5.56 Å². The second kappa shape index (κ2) is 15.8. The van der Waals surface area contributed by atoms with Crippen LogP contribution in [0, 0.1) is 5.92 Å². The number of carboxylic acids is 1. The van der Waals surface area contributed by atoms with Crippen molar-refractivity contribution in [3.63, 3.8) is 0 Å². The molecule has 1 saturated heterocycles. The average molecular weight is 587 g/mol. The van der Waals surface area contributed by atoms with E-state index < -0.39 is 62.4 Å². The van der Waals surface area contributed by atoms with Gasteiger partial charge in [0, 0.05) is 23.5 Å². The Kier molecular flexibility index (Phi) is 14.8. The fraction of sp³-hybridized carbons (Fsp3) is 0.565. The first-order valence-electron chi connectivity index (χ1n) is 11.8. The minimum absolute atomic E-state index is 0. The van der Waals surface area contributed by atoms with Gasteiger partial charge in [0.2, 0.25) is 13.7 Å². The molecule has 0 radical (unpaired) electrons. The van der Waals surface area contributed by atoms with Gasteiger partial charge in [0.1, 0.15) is 18.3 Å². The van der Waals surface area contributed by atoms with Crippen LogP contribution in [-0.4, -0.2) is 75.0 Å². The zero-order chi connectivity index (χ0) is 27.5. The summed E-state index contributed by atoms with van der Waals surface area (Å²) in [5.41, 5.74) is 1.40. The fourth-order valence-electron chi connectivity index (χ4n) is 4.13. The predicted octanol–water partition coefficient (Wildman–Crippen LogP) is -7.73. The molecule has 0 saturated carbocycles. The van der Waals surface area contributed by atoms with Crippen LogP contribution in [0.3, 0.4) is 0 Å². The normalized spacial score (nSPS) is 26.1. The molecule has 1 aromatic carbocycles. The molecule has 0 bridgehead atoms. The summed E-state index contributed by atoms with van der Waals surface area (Å²) in [5, 5.41) is 46.7. The number of carboxylic acid groups (broad SMARTS) is 1. The van der Waals surface area contributed by atoms with Crippen molar-refractivity contribution in [1.29, 1.82) is 0 Å². The summed E-state index contributed by atoms with van der Waals surface area (Å²) in [7, 11) is -5.10. The summed E-state index contributed by atoms with van der Waals surface area (Å²) in [6.07, 6.45) is -6.47. The van der Waals surface area contributed by atoms with E-state index in [0.717, 1.165) is 10.9 Å². The number of carbonyl (C=O) groups excluding carboxylic acids is 2. The number of nitrogens with one attached hydrogen (secondary N) is 3. The number of benzene rings is 1.